The summed E-state index contributed by atoms with van der Waals surface area (Å²) in [4.78, 5) is 12.6. The van der Waals surface area contributed by atoms with Crippen molar-refractivity contribution in [2.75, 3.05) is 13.4 Å². The molecule has 0 radical (unpaired) electrons. The van der Waals surface area contributed by atoms with Crippen molar-refractivity contribution in [2.24, 2.45) is 12.5 Å². The van der Waals surface area contributed by atoms with Crippen LogP contribution in [0.25, 0.3) is 22.2 Å². The van der Waals surface area contributed by atoms with Crippen molar-refractivity contribution >= 4 is 20.7 Å². The first-order valence-corrected chi connectivity index (χ1v) is 11.6. The number of pyridine rings is 1. The lowest BCUT2D eigenvalue weighted by Gasteiger charge is -2.15. The molecule has 0 atom stereocenters. The van der Waals surface area contributed by atoms with Gasteiger partial charge in [0.05, 0.1) is 17.7 Å². The lowest BCUT2D eigenvalue weighted by Crippen LogP contribution is -2.18. The second kappa shape index (κ2) is 6.76. The van der Waals surface area contributed by atoms with Crippen LogP contribution in [-0.4, -0.2) is 30.9 Å². The van der Waals surface area contributed by atoms with Crippen molar-refractivity contribution in [1.29, 1.82) is 0 Å². The van der Waals surface area contributed by atoms with Crippen LogP contribution in [0, 0.1) is 5.41 Å². The topological polar surface area (TPSA) is 70.3 Å². The van der Waals surface area contributed by atoms with Crippen LogP contribution < -0.4 is 10.3 Å². The van der Waals surface area contributed by atoms with Gasteiger partial charge < -0.3 is 13.9 Å². The molecule has 154 valence electrons. The molecule has 0 spiro atoms. The number of hydrogen-bond donors (Lipinski definition) is 0. The first-order valence-electron chi connectivity index (χ1n) is 9.70. The van der Waals surface area contributed by atoms with Crippen LogP contribution in [0.4, 0.5) is 0 Å². The largest absolute Gasteiger partial charge is 0.491 e. The quantitative estimate of drug-likeness (QED) is 0.618. The lowest BCUT2D eigenvalue weighted by molar-refractivity contribution is 0.405. The summed E-state index contributed by atoms with van der Waals surface area (Å²) in [5.74, 6) is 0.263. The number of aryl methyl sites for hydroxylation is 2. The fourth-order valence-corrected chi connectivity index (χ4v) is 4.76. The van der Waals surface area contributed by atoms with E-state index >= 15 is 0 Å². The first-order chi connectivity index (χ1) is 13.6. The summed E-state index contributed by atoms with van der Waals surface area (Å²) in [7, 11) is -0.200. The van der Waals surface area contributed by atoms with Gasteiger partial charge in [-0.15, -0.1) is 0 Å². The Hall–Kier alpha value is -2.54. The smallest absolute Gasteiger partial charge is 0.292 e. The molecule has 0 aliphatic heterocycles. The van der Waals surface area contributed by atoms with Gasteiger partial charge in [0.15, 0.2) is 15.6 Å². The second-order valence-electron chi connectivity index (χ2n) is 8.42. The summed E-state index contributed by atoms with van der Waals surface area (Å²) < 4.78 is 33.6. The van der Waals surface area contributed by atoms with Gasteiger partial charge in [-0.05, 0) is 48.9 Å². The van der Waals surface area contributed by atoms with Crippen LogP contribution >= 0.6 is 0 Å². The van der Waals surface area contributed by atoms with Crippen molar-refractivity contribution < 1.29 is 13.2 Å². The fourth-order valence-electron chi connectivity index (χ4n) is 3.87. The van der Waals surface area contributed by atoms with Crippen molar-refractivity contribution in [2.45, 2.75) is 37.6 Å². The van der Waals surface area contributed by atoms with Crippen LogP contribution in [0.2, 0.25) is 0 Å². The Morgan fingerprint density at radius 2 is 1.93 bits per heavy atom. The molecule has 1 saturated carbocycles. The van der Waals surface area contributed by atoms with Crippen molar-refractivity contribution in [1.82, 2.24) is 9.13 Å². The molecular weight excluding hydrogens is 388 g/mol. The standard InChI is InChI=1S/C22H26N2O4S/c1-22(8-9-22)10-11-24-17-6-5-7-20(29(4,26)27)16(17)13-18(24)15-12-19(28-3)21(25)23(2)14-15/h5-7,12-14H,8-11H2,1-4H3. The Morgan fingerprint density at radius 1 is 1.21 bits per heavy atom. The molecule has 0 unspecified atom stereocenters. The average Bonchev–Trinajstić information content (AvgIpc) is 3.28. The maximum absolute atomic E-state index is 12.4. The molecule has 1 aliphatic carbocycles. The van der Waals surface area contributed by atoms with Gasteiger partial charge in [-0.25, -0.2) is 8.42 Å². The van der Waals surface area contributed by atoms with Gasteiger partial charge in [0, 0.05) is 42.5 Å². The van der Waals surface area contributed by atoms with Crippen molar-refractivity contribution in [3.8, 4) is 17.0 Å². The SMILES string of the molecule is COc1cc(-c2cc3c(S(C)(=O)=O)cccc3n2CCC2(C)CC2)cn(C)c1=O. The molecule has 2 aromatic heterocycles. The molecule has 4 rings (SSSR count). The fraction of sp³-hybridized carbons (Fsp3) is 0.409. The zero-order valence-corrected chi connectivity index (χ0v) is 18.0. The highest BCUT2D eigenvalue weighted by atomic mass is 32.2. The number of aromatic nitrogens is 2. The van der Waals surface area contributed by atoms with E-state index in [9.17, 15) is 13.2 Å². The number of ether oxygens (including phenoxy) is 1. The van der Waals surface area contributed by atoms with E-state index in [0.717, 1.165) is 29.7 Å². The van der Waals surface area contributed by atoms with E-state index in [2.05, 4.69) is 11.5 Å². The van der Waals surface area contributed by atoms with Gasteiger partial charge in [-0.1, -0.05) is 13.0 Å². The Labute approximate surface area is 170 Å². The number of hydrogen-bond acceptors (Lipinski definition) is 4. The van der Waals surface area contributed by atoms with Crippen LogP contribution in [0.3, 0.4) is 0 Å². The third kappa shape index (κ3) is 3.59. The maximum atomic E-state index is 12.4. The molecule has 1 fully saturated rings. The molecule has 0 bridgehead atoms. The Morgan fingerprint density at radius 3 is 2.55 bits per heavy atom. The van der Waals surface area contributed by atoms with E-state index < -0.39 is 9.84 Å². The number of benzene rings is 1. The molecule has 6 nitrogen and oxygen atoms in total. The first kappa shape index (κ1) is 19.8. The Kier molecular flexibility index (Phi) is 4.61. The molecule has 2 heterocycles. The third-order valence-electron chi connectivity index (χ3n) is 6.01. The van der Waals surface area contributed by atoms with E-state index in [1.165, 1.54) is 30.8 Å². The summed E-state index contributed by atoms with van der Waals surface area (Å²) in [5, 5.41) is 0.707. The lowest BCUT2D eigenvalue weighted by atomic mass is 10.1. The third-order valence-corrected chi connectivity index (χ3v) is 7.17. The van der Waals surface area contributed by atoms with Gasteiger partial charge in [0.25, 0.3) is 5.56 Å². The molecule has 0 N–H and O–H groups in total. The number of fused-ring (bicyclic) bond motifs is 1. The number of sulfone groups is 1. The van der Waals surface area contributed by atoms with Gasteiger partial charge >= 0.3 is 0 Å². The number of methoxy groups -OCH3 is 1. The van der Waals surface area contributed by atoms with Gasteiger partial charge in [0.2, 0.25) is 0 Å². The zero-order chi connectivity index (χ0) is 21.0. The molecule has 0 amide bonds. The molecule has 29 heavy (non-hydrogen) atoms. The van der Waals surface area contributed by atoms with Gasteiger partial charge in [-0.3, -0.25) is 4.79 Å². The monoisotopic (exact) mass is 414 g/mol. The molecule has 1 aliphatic rings. The molecule has 7 heteroatoms. The predicted molar refractivity (Wildman–Crippen MR) is 114 cm³/mol. The maximum Gasteiger partial charge on any atom is 0.292 e. The highest BCUT2D eigenvalue weighted by Gasteiger charge is 2.36. The number of rotatable bonds is 6. The van der Waals surface area contributed by atoms with E-state index in [0.29, 0.717) is 15.7 Å². The van der Waals surface area contributed by atoms with Gasteiger partial charge in [-0.2, -0.15) is 0 Å². The minimum atomic E-state index is -3.37. The highest BCUT2D eigenvalue weighted by Crippen LogP contribution is 2.49. The summed E-state index contributed by atoms with van der Waals surface area (Å²) in [6, 6.07) is 9.04. The Bertz CT molecular complexity index is 1260. The predicted octanol–water partition coefficient (Wildman–Crippen LogP) is 3.61. The summed E-state index contributed by atoms with van der Waals surface area (Å²) in [6.45, 7) is 3.07. The van der Waals surface area contributed by atoms with Crippen molar-refractivity contribution in [3.05, 3.63) is 46.9 Å². The van der Waals surface area contributed by atoms with Crippen LogP contribution in [0.5, 0.6) is 5.75 Å². The molecule has 3 aromatic rings. The molecule has 1 aromatic carbocycles. The summed E-state index contributed by atoms with van der Waals surface area (Å²) in [5.41, 5.74) is 2.75. The molecular formula is C22H26N2O4S. The minimum Gasteiger partial charge on any atom is -0.491 e. The van der Waals surface area contributed by atoms with Crippen LogP contribution in [0.1, 0.15) is 26.2 Å². The van der Waals surface area contributed by atoms with E-state index in [-0.39, 0.29) is 11.3 Å². The highest BCUT2D eigenvalue weighted by molar-refractivity contribution is 7.91. The normalized spacial score (nSPS) is 15.6. The Balaban J connectivity index is 1.97. The van der Waals surface area contributed by atoms with E-state index in [1.807, 2.05) is 12.1 Å². The number of nitrogens with zero attached hydrogens (tertiary/aromatic N) is 2. The van der Waals surface area contributed by atoms with Crippen molar-refractivity contribution in [3.63, 3.8) is 0 Å². The van der Waals surface area contributed by atoms with E-state index in [1.54, 1.807) is 31.4 Å². The van der Waals surface area contributed by atoms with Crippen LogP contribution in [0.15, 0.2) is 46.2 Å². The average molecular weight is 415 g/mol. The minimum absolute atomic E-state index is 0.207. The second-order valence-corrected chi connectivity index (χ2v) is 10.4. The summed E-state index contributed by atoms with van der Waals surface area (Å²) >= 11 is 0. The van der Waals surface area contributed by atoms with E-state index in [4.69, 9.17) is 4.74 Å². The summed E-state index contributed by atoms with van der Waals surface area (Å²) in [6.07, 6.45) is 6.48. The van der Waals surface area contributed by atoms with Crippen LogP contribution in [-0.2, 0) is 23.4 Å². The zero-order valence-electron chi connectivity index (χ0n) is 17.2. The van der Waals surface area contributed by atoms with Gasteiger partial charge in [0.1, 0.15) is 0 Å². The molecule has 0 saturated heterocycles.